The molecule has 2 aromatic heterocycles. The second kappa shape index (κ2) is 7.09. The van der Waals surface area contributed by atoms with Gasteiger partial charge in [-0.1, -0.05) is 0 Å². The van der Waals surface area contributed by atoms with Crippen LogP contribution in [0.3, 0.4) is 0 Å². The Balaban J connectivity index is 2.34. The molecule has 0 saturated heterocycles. The number of hydrogen-bond acceptors (Lipinski definition) is 4. The fraction of sp³-hybridized carbons (Fsp3) is 0.357. The van der Waals surface area contributed by atoms with Crippen molar-refractivity contribution >= 4 is 39.4 Å². The highest BCUT2D eigenvalue weighted by atomic mass is 79.9. The van der Waals surface area contributed by atoms with Crippen molar-refractivity contribution in [1.82, 2.24) is 14.8 Å². The van der Waals surface area contributed by atoms with Gasteiger partial charge in [0.1, 0.15) is 11.5 Å². The molecule has 5 nitrogen and oxygen atoms in total. The van der Waals surface area contributed by atoms with Gasteiger partial charge >= 0.3 is 0 Å². The Bertz CT molecular complexity index is 629. The molecule has 0 N–H and O–H groups in total. The Morgan fingerprint density at radius 3 is 2.90 bits per heavy atom. The summed E-state index contributed by atoms with van der Waals surface area (Å²) in [5, 5.41) is 4.49. The maximum Gasteiger partial charge on any atom is 0.228 e. The van der Waals surface area contributed by atoms with E-state index in [-0.39, 0.29) is 5.91 Å². The average molecular weight is 369 g/mol. The van der Waals surface area contributed by atoms with E-state index in [1.54, 1.807) is 40.8 Å². The van der Waals surface area contributed by atoms with Crippen molar-refractivity contribution in [3.05, 3.63) is 29.0 Å². The van der Waals surface area contributed by atoms with Gasteiger partial charge in [0.15, 0.2) is 0 Å². The van der Waals surface area contributed by atoms with Crippen LogP contribution in [0, 0.1) is 0 Å². The van der Waals surface area contributed by atoms with Crippen molar-refractivity contribution in [2.75, 3.05) is 24.0 Å². The number of pyridine rings is 1. The number of rotatable bonds is 5. The zero-order valence-electron chi connectivity index (χ0n) is 12.2. The lowest BCUT2D eigenvalue weighted by molar-refractivity contribution is -0.118. The van der Waals surface area contributed by atoms with Gasteiger partial charge in [-0.25, -0.2) is 0 Å². The number of carbonyl (C=O) groups is 1. The molecule has 21 heavy (non-hydrogen) atoms. The number of carbonyl (C=O) groups excluding carboxylic acids is 1. The van der Waals surface area contributed by atoms with Crippen LogP contribution in [0.25, 0.3) is 11.3 Å². The zero-order valence-corrected chi connectivity index (χ0v) is 14.6. The molecule has 0 atom stereocenters. The number of halogens is 1. The molecule has 2 rings (SSSR count). The highest BCUT2D eigenvalue weighted by Crippen LogP contribution is 2.35. The first-order valence-corrected chi connectivity index (χ1v) is 8.63. The van der Waals surface area contributed by atoms with E-state index < -0.39 is 0 Å². The third-order valence-electron chi connectivity index (χ3n) is 3.11. The maximum absolute atomic E-state index is 12.2. The van der Waals surface area contributed by atoms with Crippen molar-refractivity contribution in [1.29, 1.82) is 0 Å². The molecule has 0 unspecified atom stereocenters. The SMILES string of the molecule is CSCCC(=O)N(C)c1c(Br)c(-c2cccnc2)nn1C. The second-order valence-corrected chi connectivity index (χ2v) is 6.33. The van der Waals surface area contributed by atoms with Crippen LogP contribution in [-0.2, 0) is 11.8 Å². The first-order valence-electron chi connectivity index (χ1n) is 6.44. The standard InChI is InChI=1S/C14H17BrN4OS/c1-18(11(20)6-8-21-3)14-12(15)13(17-19(14)2)10-5-4-7-16-9-10/h4-5,7,9H,6,8H2,1-3H3. The van der Waals surface area contributed by atoms with Crippen LogP contribution >= 0.6 is 27.7 Å². The first kappa shape index (κ1) is 16.0. The Morgan fingerprint density at radius 2 is 2.29 bits per heavy atom. The van der Waals surface area contributed by atoms with E-state index in [0.29, 0.717) is 6.42 Å². The van der Waals surface area contributed by atoms with E-state index in [1.165, 1.54) is 0 Å². The number of hydrogen-bond donors (Lipinski definition) is 0. The molecule has 2 heterocycles. The summed E-state index contributed by atoms with van der Waals surface area (Å²) in [4.78, 5) is 17.9. The normalized spacial score (nSPS) is 10.7. The van der Waals surface area contributed by atoms with Crippen LogP contribution < -0.4 is 4.90 Å². The highest BCUT2D eigenvalue weighted by Gasteiger charge is 2.22. The molecule has 0 saturated carbocycles. The summed E-state index contributed by atoms with van der Waals surface area (Å²) < 4.78 is 2.52. The molecule has 0 aliphatic rings. The molecule has 0 aliphatic heterocycles. The smallest absolute Gasteiger partial charge is 0.228 e. The molecule has 0 fully saturated rings. The first-order chi connectivity index (χ1) is 10.1. The highest BCUT2D eigenvalue weighted by molar-refractivity contribution is 9.10. The number of aryl methyl sites for hydroxylation is 1. The summed E-state index contributed by atoms with van der Waals surface area (Å²) in [5.41, 5.74) is 1.70. The van der Waals surface area contributed by atoms with E-state index in [2.05, 4.69) is 26.0 Å². The summed E-state index contributed by atoms with van der Waals surface area (Å²) in [5.74, 6) is 1.64. The number of amides is 1. The van der Waals surface area contributed by atoms with Gasteiger partial charge in [-0.15, -0.1) is 0 Å². The van der Waals surface area contributed by atoms with Gasteiger partial charge in [-0.05, 0) is 34.3 Å². The molecule has 7 heteroatoms. The van der Waals surface area contributed by atoms with E-state index >= 15 is 0 Å². The number of thioether (sulfide) groups is 1. The molecule has 0 aromatic carbocycles. The van der Waals surface area contributed by atoms with Gasteiger partial charge in [-0.3, -0.25) is 19.4 Å². The summed E-state index contributed by atoms with van der Waals surface area (Å²) in [6, 6.07) is 3.81. The molecule has 0 radical (unpaired) electrons. The lowest BCUT2D eigenvalue weighted by atomic mass is 10.2. The third-order valence-corrected chi connectivity index (χ3v) is 4.45. The van der Waals surface area contributed by atoms with Gasteiger partial charge in [0, 0.05) is 44.2 Å². The predicted molar refractivity (Wildman–Crippen MR) is 90.5 cm³/mol. The number of nitrogens with zero attached hydrogens (tertiary/aromatic N) is 4. The minimum absolute atomic E-state index is 0.0748. The summed E-state index contributed by atoms with van der Waals surface area (Å²) in [6.07, 6.45) is 5.98. The summed E-state index contributed by atoms with van der Waals surface area (Å²) in [7, 11) is 3.61. The summed E-state index contributed by atoms with van der Waals surface area (Å²) in [6.45, 7) is 0. The van der Waals surface area contributed by atoms with Crippen LogP contribution in [-0.4, -0.2) is 39.7 Å². The van der Waals surface area contributed by atoms with Crippen molar-refractivity contribution in [2.24, 2.45) is 7.05 Å². The maximum atomic E-state index is 12.2. The minimum Gasteiger partial charge on any atom is -0.299 e. The Hall–Kier alpha value is -1.34. The van der Waals surface area contributed by atoms with Crippen molar-refractivity contribution < 1.29 is 4.79 Å². The largest absolute Gasteiger partial charge is 0.299 e. The van der Waals surface area contributed by atoms with Gasteiger partial charge < -0.3 is 0 Å². The number of anilines is 1. The molecule has 1 amide bonds. The lowest BCUT2D eigenvalue weighted by Crippen LogP contribution is -2.28. The van der Waals surface area contributed by atoms with Crippen LogP contribution in [0.2, 0.25) is 0 Å². The third kappa shape index (κ3) is 3.47. The fourth-order valence-corrected chi connectivity index (χ4v) is 3.23. The molecule has 0 aliphatic carbocycles. The van der Waals surface area contributed by atoms with Gasteiger partial charge in [-0.2, -0.15) is 16.9 Å². The van der Waals surface area contributed by atoms with Crippen molar-refractivity contribution in [2.45, 2.75) is 6.42 Å². The van der Waals surface area contributed by atoms with Gasteiger partial charge in [0.25, 0.3) is 0 Å². The molecule has 0 bridgehead atoms. The topological polar surface area (TPSA) is 51.0 Å². The molecule has 112 valence electrons. The molecular weight excluding hydrogens is 352 g/mol. The second-order valence-electron chi connectivity index (χ2n) is 4.55. The van der Waals surface area contributed by atoms with E-state index in [9.17, 15) is 4.79 Å². The van der Waals surface area contributed by atoms with Crippen LogP contribution in [0.5, 0.6) is 0 Å². The Labute approximate surface area is 136 Å². The Kier molecular flexibility index (Phi) is 5.41. The predicted octanol–water partition coefficient (Wildman–Crippen LogP) is 2.96. The zero-order chi connectivity index (χ0) is 15.4. The molecule has 0 spiro atoms. The van der Waals surface area contributed by atoms with Crippen LogP contribution in [0.4, 0.5) is 5.82 Å². The number of aromatic nitrogens is 3. The lowest BCUT2D eigenvalue weighted by Gasteiger charge is -2.17. The quantitative estimate of drug-likeness (QED) is 0.813. The van der Waals surface area contributed by atoms with E-state index in [1.807, 2.05) is 25.4 Å². The summed E-state index contributed by atoms with van der Waals surface area (Å²) >= 11 is 5.23. The molecule has 2 aromatic rings. The molecular formula is C14H17BrN4OS. The van der Waals surface area contributed by atoms with Crippen molar-refractivity contribution in [3.63, 3.8) is 0 Å². The average Bonchev–Trinajstić information content (AvgIpc) is 2.80. The van der Waals surface area contributed by atoms with E-state index in [0.717, 1.165) is 27.3 Å². The Morgan fingerprint density at radius 1 is 1.52 bits per heavy atom. The fourth-order valence-electron chi connectivity index (χ4n) is 2.02. The minimum atomic E-state index is 0.0748. The van der Waals surface area contributed by atoms with Gasteiger partial charge in [0.2, 0.25) is 5.91 Å². The van der Waals surface area contributed by atoms with E-state index in [4.69, 9.17) is 0 Å². The monoisotopic (exact) mass is 368 g/mol. The van der Waals surface area contributed by atoms with Gasteiger partial charge in [0.05, 0.1) is 4.47 Å². The van der Waals surface area contributed by atoms with Crippen LogP contribution in [0.1, 0.15) is 6.42 Å². The van der Waals surface area contributed by atoms with Crippen LogP contribution in [0.15, 0.2) is 29.0 Å². The van der Waals surface area contributed by atoms with Crippen molar-refractivity contribution in [3.8, 4) is 11.3 Å².